The number of esters is 2. The van der Waals surface area contributed by atoms with Gasteiger partial charge in [0.15, 0.2) is 0 Å². The van der Waals surface area contributed by atoms with Gasteiger partial charge in [0.1, 0.15) is 0 Å². The molecule has 6 heteroatoms. The number of nitriles is 1. The monoisotopic (exact) mass is 249 g/mol. The average Bonchev–Trinajstić information content (AvgIpc) is 2.15. The Kier molecular flexibility index (Phi) is 5.60. The summed E-state index contributed by atoms with van der Waals surface area (Å²) in [5.41, 5.74) is 0. The van der Waals surface area contributed by atoms with Gasteiger partial charge in [0.25, 0.3) is 0 Å². The van der Waals surface area contributed by atoms with Crippen LogP contribution in [0.3, 0.4) is 0 Å². The van der Waals surface area contributed by atoms with E-state index in [0.29, 0.717) is 0 Å². The van der Waals surface area contributed by atoms with E-state index in [9.17, 15) is 9.59 Å². The van der Waals surface area contributed by atoms with Gasteiger partial charge in [-0.3, -0.25) is 0 Å². The van der Waals surface area contributed by atoms with E-state index in [-0.39, 0.29) is 4.47 Å². The van der Waals surface area contributed by atoms with E-state index in [1.54, 1.807) is 4.97 Å². The van der Waals surface area contributed by atoms with Crippen LogP contribution >= 0.6 is 0 Å². The average molecular weight is 248 g/mol. The minimum absolute atomic E-state index is 0.0457. The Balaban J connectivity index is 4.61. The van der Waals surface area contributed by atoms with Crippen molar-refractivity contribution in [2.45, 2.75) is 0 Å². The third kappa shape index (κ3) is 4.31. The van der Waals surface area contributed by atoms with Crippen LogP contribution in [0.4, 0.5) is 0 Å². The fourth-order valence-corrected chi connectivity index (χ4v) is 1.33. The summed E-state index contributed by atoms with van der Waals surface area (Å²) in [4.78, 5) is 23.4. The van der Waals surface area contributed by atoms with Crippen LogP contribution < -0.4 is 0 Å². The van der Waals surface area contributed by atoms with Gasteiger partial charge in [0, 0.05) is 0 Å². The zero-order chi connectivity index (χ0) is 10.3. The van der Waals surface area contributed by atoms with Crippen molar-refractivity contribution in [1.82, 2.24) is 0 Å². The van der Waals surface area contributed by atoms with Crippen molar-refractivity contribution in [3.63, 3.8) is 0 Å². The van der Waals surface area contributed by atoms with E-state index < -0.39 is 26.9 Å². The molecule has 0 aliphatic heterocycles. The van der Waals surface area contributed by atoms with Crippen molar-refractivity contribution >= 4 is 26.9 Å². The number of hydrogen-bond acceptors (Lipinski definition) is 5. The second-order valence-electron chi connectivity index (χ2n) is 1.72. The fourth-order valence-electron chi connectivity index (χ4n) is 0.446. The van der Waals surface area contributed by atoms with Crippen molar-refractivity contribution in [1.29, 1.82) is 5.26 Å². The quantitative estimate of drug-likeness (QED) is 0.378. The SMILES string of the molecule is COC(=O)/C=C(/[Se]C#N)C(=O)OC. The number of rotatable bonds is 3. The molecule has 0 rings (SSSR count). The van der Waals surface area contributed by atoms with Gasteiger partial charge in [-0.15, -0.1) is 0 Å². The molecule has 0 heterocycles. The molecule has 0 saturated heterocycles. The summed E-state index contributed by atoms with van der Waals surface area (Å²) in [5.74, 6) is -1.34. The second-order valence-corrected chi connectivity index (χ2v) is 3.45. The van der Waals surface area contributed by atoms with Crippen LogP contribution in [-0.2, 0) is 19.1 Å². The van der Waals surface area contributed by atoms with E-state index in [4.69, 9.17) is 5.26 Å². The molecule has 0 fully saturated rings. The molecule has 0 unspecified atom stereocenters. The summed E-state index contributed by atoms with van der Waals surface area (Å²) in [7, 11) is 2.37. The van der Waals surface area contributed by atoms with Gasteiger partial charge in [-0.25, -0.2) is 0 Å². The number of ether oxygens (including phenoxy) is 2. The molecule has 0 bridgehead atoms. The van der Waals surface area contributed by atoms with Crippen LogP contribution in [0.15, 0.2) is 10.5 Å². The number of nitrogens with zero attached hydrogens (tertiary/aromatic N) is 1. The normalized spacial score (nSPS) is 10.1. The first-order valence-corrected chi connectivity index (χ1v) is 4.81. The molecular formula is C7H7NO4Se. The molecule has 0 aromatic rings. The van der Waals surface area contributed by atoms with Crippen molar-refractivity contribution in [3.8, 4) is 4.97 Å². The Hall–Kier alpha value is -1.31. The molecule has 0 aromatic carbocycles. The van der Waals surface area contributed by atoms with Crippen LogP contribution in [0.5, 0.6) is 0 Å². The first-order chi connectivity index (χ1) is 6.15. The molecule has 0 N–H and O–H groups in total. The van der Waals surface area contributed by atoms with E-state index in [1.807, 2.05) is 0 Å². The fraction of sp³-hybridized carbons (Fsp3) is 0.286. The Morgan fingerprint density at radius 2 is 2.00 bits per heavy atom. The minimum atomic E-state index is -0.721. The molecule has 0 saturated carbocycles. The maximum absolute atomic E-state index is 10.9. The molecule has 0 atom stereocenters. The molecule has 0 amide bonds. The zero-order valence-corrected chi connectivity index (χ0v) is 8.78. The number of methoxy groups -OCH3 is 2. The van der Waals surface area contributed by atoms with E-state index in [2.05, 4.69) is 9.47 Å². The topological polar surface area (TPSA) is 76.4 Å². The van der Waals surface area contributed by atoms with Crippen LogP contribution in [-0.4, -0.2) is 41.1 Å². The molecule has 0 aromatic heterocycles. The molecule has 0 radical (unpaired) electrons. The first-order valence-electron chi connectivity index (χ1n) is 3.09. The van der Waals surface area contributed by atoms with Gasteiger partial charge >= 0.3 is 81.0 Å². The van der Waals surface area contributed by atoms with Crippen LogP contribution in [0, 0.1) is 10.2 Å². The van der Waals surface area contributed by atoms with Gasteiger partial charge in [-0.05, 0) is 0 Å². The van der Waals surface area contributed by atoms with Crippen LogP contribution in [0.1, 0.15) is 0 Å². The molecule has 5 nitrogen and oxygen atoms in total. The molecule has 0 aliphatic carbocycles. The maximum atomic E-state index is 10.9. The first kappa shape index (κ1) is 11.7. The number of carbonyl (C=O) groups excluding carboxylic acids is 2. The zero-order valence-electron chi connectivity index (χ0n) is 7.07. The predicted molar refractivity (Wildman–Crippen MR) is 43.5 cm³/mol. The molecule has 70 valence electrons. The van der Waals surface area contributed by atoms with Gasteiger partial charge in [-0.1, -0.05) is 0 Å². The van der Waals surface area contributed by atoms with Gasteiger partial charge < -0.3 is 0 Å². The number of carbonyl (C=O) groups is 2. The van der Waals surface area contributed by atoms with E-state index in [1.165, 1.54) is 14.2 Å². The van der Waals surface area contributed by atoms with Crippen molar-refractivity contribution in [2.24, 2.45) is 0 Å². The predicted octanol–water partition coefficient (Wildman–Crippen LogP) is -0.598. The summed E-state index contributed by atoms with van der Waals surface area (Å²) in [6.07, 6.45) is 0.967. The summed E-state index contributed by atoms with van der Waals surface area (Å²) in [5, 5.41) is 8.34. The Labute approximate surface area is 81.5 Å². The summed E-state index contributed by atoms with van der Waals surface area (Å²) < 4.78 is 8.70. The summed E-state index contributed by atoms with van der Waals surface area (Å²) >= 11 is -0.721. The van der Waals surface area contributed by atoms with E-state index in [0.717, 1.165) is 6.08 Å². The Morgan fingerprint density at radius 1 is 1.38 bits per heavy atom. The van der Waals surface area contributed by atoms with Crippen LogP contribution in [0.25, 0.3) is 0 Å². The standard InChI is InChI=1S/C7H7NO4Se/c1-11-6(9)3-5(13-4-8)7(10)12-2/h3H,1-2H3/b5-3+. The van der Waals surface area contributed by atoms with Crippen molar-refractivity contribution in [2.75, 3.05) is 14.2 Å². The Morgan fingerprint density at radius 3 is 2.38 bits per heavy atom. The van der Waals surface area contributed by atoms with Gasteiger partial charge in [0.05, 0.1) is 0 Å². The molecule has 0 spiro atoms. The summed E-state index contributed by atoms with van der Waals surface area (Å²) in [6.45, 7) is 0. The second kappa shape index (κ2) is 6.23. The third-order valence-corrected chi connectivity index (χ3v) is 2.24. The van der Waals surface area contributed by atoms with Crippen LogP contribution in [0.2, 0.25) is 0 Å². The van der Waals surface area contributed by atoms with Crippen molar-refractivity contribution < 1.29 is 19.1 Å². The number of hydrogen-bond donors (Lipinski definition) is 0. The molecule has 0 aliphatic rings. The van der Waals surface area contributed by atoms with Crippen molar-refractivity contribution in [3.05, 3.63) is 10.5 Å². The molecule has 13 heavy (non-hydrogen) atoms. The van der Waals surface area contributed by atoms with Gasteiger partial charge in [-0.2, -0.15) is 0 Å². The Bertz CT molecular complexity index is 279. The van der Waals surface area contributed by atoms with E-state index >= 15 is 0 Å². The summed E-state index contributed by atoms with van der Waals surface area (Å²) in [6, 6.07) is 0. The molecular weight excluding hydrogens is 241 g/mol. The van der Waals surface area contributed by atoms with Gasteiger partial charge in [0.2, 0.25) is 0 Å². The third-order valence-electron chi connectivity index (χ3n) is 0.992.